The molecule has 0 spiro atoms. The first kappa shape index (κ1) is 23.0. The van der Waals surface area contributed by atoms with Gasteiger partial charge in [-0.2, -0.15) is 0 Å². The molecule has 2 N–H and O–H groups in total. The lowest BCUT2D eigenvalue weighted by atomic mass is 10.1. The Labute approximate surface area is 243 Å². The van der Waals surface area contributed by atoms with Crippen LogP contribution in [0.3, 0.4) is 0 Å². The molecule has 6 aromatic rings. The molecule has 0 saturated carbocycles. The number of hydrogen-bond donors (Lipinski definition) is 2. The van der Waals surface area contributed by atoms with Gasteiger partial charge in [-0.05, 0) is 0 Å². The zero-order valence-electron chi connectivity index (χ0n) is 22.2. The van der Waals surface area contributed by atoms with Gasteiger partial charge in [0.05, 0.1) is 0 Å². The molecule has 0 unspecified atom stereocenters. The van der Waals surface area contributed by atoms with Crippen LogP contribution in [0.1, 0.15) is 22.3 Å². The normalized spacial score (nSPS) is 20.8. The maximum atomic E-state index is 12.6. The summed E-state index contributed by atoms with van der Waals surface area (Å²) in [4.78, 5) is 55.2. The Hall–Kier alpha value is -5.62. The van der Waals surface area contributed by atoms with Crippen molar-refractivity contribution in [3.8, 4) is 0 Å². The molecule has 0 fully saturated rings. The fourth-order valence-corrected chi connectivity index (χ4v) is 8.49. The summed E-state index contributed by atoms with van der Waals surface area (Å²) in [6.07, 6.45) is 0. The van der Waals surface area contributed by atoms with E-state index in [0.29, 0.717) is 67.5 Å². The number of fused-ring (bicyclic) bond motifs is 14. The molecule has 0 aliphatic carbocycles. The summed E-state index contributed by atoms with van der Waals surface area (Å²) >= 11 is 0. The van der Waals surface area contributed by atoms with E-state index in [-0.39, 0.29) is 0 Å². The topological polar surface area (TPSA) is 124 Å². The average molecular weight is 575 g/mol. The number of aliphatic imine (C=N–C) groups is 4. The summed E-state index contributed by atoms with van der Waals surface area (Å²) in [5.74, 6) is 2.45. The Balaban J connectivity index is 1.53. The van der Waals surface area contributed by atoms with Gasteiger partial charge < -0.3 is 9.59 Å². The smallest absolute Gasteiger partial charge is 0.377 e. The van der Waals surface area contributed by atoms with E-state index < -0.39 is 8.88 Å². The first-order chi connectivity index (χ1) is 21.1. The minimum atomic E-state index is -4.80. The highest BCUT2D eigenvalue weighted by Crippen LogP contribution is 2.42. The number of aromatic nitrogens is 2. The second kappa shape index (κ2) is 7.80. The summed E-state index contributed by atoms with van der Waals surface area (Å²) in [5, 5.41) is 2.83. The number of amidine groups is 4. The second-order valence-corrected chi connectivity index (χ2v) is 12.8. The number of rotatable bonds is 0. The zero-order valence-corrected chi connectivity index (χ0v) is 23.2. The Morgan fingerprint density at radius 1 is 0.395 bits per heavy atom. The largest absolute Gasteiger partial charge is 0.597 e. The SMILES string of the molecule is O[Si]1(O)n2c3c4ccccc4c2/N=C2N=C(/N=c4/c5ccccc5/c(n41)=N/C1=NC(=N\3)/c3ccccc31)c1ccccc1\2. The van der Waals surface area contributed by atoms with E-state index in [0.717, 1.165) is 22.3 Å². The first-order valence-electron chi connectivity index (χ1n) is 13.8. The average Bonchev–Trinajstić information content (AvgIpc) is 3.74. The molecule has 6 heterocycles. The van der Waals surface area contributed by atoms with Gasteiger partial charge in [0.15, 0.2) is 23.3 Å². The molecule has 202 valence electrons. The lowest BCUT2D eigenvalue weighted by Crippen LogP contribution is -2.60. The van der Waals surface area contributed by atoms with Gasteiger partial charge >= 0.3 is 8.88 Å². The predicted molar refractivity (Wildman–Crippen MR) is 166 cm³/mol. The maximum absolute atomic E-state index is 12.6. The van der Waals surface area contributed by atoms with Crippen molar-refractivity contribution in [1.82, 2.24) is 8.47 Å². The van der Waals surface area contributed by atoms with Gasteiger partial charge in [-0.1, -0.05) is 97.1 Å². The fourth-order valence-electron chi connectivity index (χ4n) is 6.47. The number of hydrogen-bond acceptors (Lipinski definition) is 8. The molecule has 2 aromatic heterocycles. The molecule has 6 bridgehead atoms. The van der Waals surface area contributed by atoms with Crippen molar-refractivity contribution in [1.29, 1.82) is 0 Å². The highest BCUT2D eigenvalue weighted by molar-refractivity contribution is 6.63. The fraction of sp³-hybridized carbons (Fsp3) is 0. The monoisotopic (exact) mass is 574 g/mol. The van der Waals surface area contributed by atoms with Crippen LogP contribution in [0.15, 0.2) is 127 Å². The van der Waals surface area contributed by atoms with Crippen molar-refractivity contribution in [2.45, 2.75) is 0 Å². The predicted octanol–water partition coefficient (Wildman–Crippen LogP) is 3.36. The van der Waals surface area contributed by atoms with Gasteiger partial charge in [0.25, 0.3) is 0 Å². The minimum Gasteiger partial charge on any atom is -0.377 e. The van der Waals surface area contributed by atoms with Crippen LogP contribution in [0, 0.1) is 0 Å². The Kier molecular flexibility index (Phi) is 4.17. The van der Waals surface area contributed by atoms with Gasteiger partial charge in [-0.3, -0.25) is 8.47 Å². The second-order valence-electron chi connectivity index (χ2n) is 10.7. The molecular formula is C32H18N8O2Si. The van der Waals surface area contributed by atoms with Crippen LogP contribution in [-0.2, 0) is 0 Å². The van der Waals surface area contributed by atoms with Crippen molar-refractivity contribution in [2.75, 3.05) is 0 Å². The van der Waals surface area contributed by atoms with Crippen molar-refractivity contribution >= 4 is 65.4 Å². The Morgan fingerprint density at radius 2 is 0.744 bits per heavy atom. The minimum absolute atomic E-state index is 0.342. The van der Waals surface area contributed by atoms with Crippen LogP contribution in [0.4, 0.5) is 11.6 Å². The van der Waals surface area contributed by atoms with Crippen molar-refractivity contribution < 1.29 is 9.59 Å². The Morgan fingerprint density at radius 3 is 1.16 bits per heavy atom. The van der Waals surface area contributed by atoms with Gasteiger partial charge in [-0.15, -0.1) is 0 Å². The van der Waals surface area contributed by atoms with Crippen molar-refractivity contribution in [2.24, 2.45) is 30.0 Å². The van der Waals surface area contributed by atoms with Crippen LogP contribution in [0.5, 0.6) is 0 Å². The highest BCUT2D eigenvalue weighted by Gasteiger charge is 2.46. The van der Waals surface area contributed by atoms with E-state index in [1.165, 1.54) is 8.47 Å². The lowest BCUT2D eigenvalue weighted by molar-refractivity contribution is 0.324. The van der Waals surface area contributed by atoms with Gasteiger partial charge in [0, 0.05) is 43.8 Å². The van der Waals surface area contributed by atoms with E-state index in [1.807, 2.05) is 97.1 Å². The van der Waals surface area contributed by atoms with E-state index in [2.05, 4.69) is 0 Å². The molecule has 10 nitrogen and oxygen atoms in total. The van der Waals surface area contributed by atoms with E-state index in [9.17, 15) is 9.59 Å². The van der Waals surface area contributed by atoms with E-state index >= 15 is 0 Å². The third-order valence-electron chi connectivity index (χ3n) is 8.35. The third-order valence-corrected chi connectivity index (χ3v) is 10.4. The van der Waals surface area contributed by atoms with Crippen molar-refractivity contribution in [3.05, 3.63) is 130 Å². The number of nitrogens with zero attached hydrogens (tertiary/aromatic N) is 8. The molecule has 43 heavy (non-hydrogen) atoms. The standard InChI is InChI=1S/C32H18N8O2Si/c41-43(42)39-29-21-13-5-6-14-22(21)31(39)37-27-19-11-3-4-12-20(19)28(34-27)38-32-24-16-8-7-15-23(24)30(40(32)43)36-26-18-10-2-1-9-17(18)25(33-26)35-29/h1-16,41-42H/b35-25-,35-29?,36-26?,36-30-,37-27-,37-31?,38-28?,38-32-. The molecule has 4 aliphatic rings. The quantitative estimate of drug-likeness (QED) is 0.270. The Bertz CT molecular complexity index is 2390. The summed E-state index contributed by atoms with van der Waals surface area (Å²) in [6, 6.07) is 30.8. The van der Waals surface area contributed by atoms with E-state index in [1.54, 1.807) is 0 Å². The lowest BCUT2D eigenvalue weighted by Gasteiger charge is -2.23. The summed E-state index contributed by atoms with van der Waals surface area (Å²) in [5.41, 5.74) is 3.93. The molecule has 0 amide bonds. The first-order valence-corrected chi connectivity index (χ1v) is 15.6. The molecular weight excluding hydrogens is 556 g/mol. The zero-order chi connectivity index (χ0) is 28.4. The van der Waals surface area contributed by atoms with Crippen LogP contribution in [0.2, 0.25) is 0 Å². The third kappa shape index (κ3) is 2.87. The van der Waals surface area contributed by atoms with Gasteiger partial charge in [-0.25, -0.2) is 30.0 Å². The maximum Gasteiger partial charge on any atom is 0.597 e. The van der Waals surface area contributed by atoms with Crippen LogP contribution in [-0.4, -0.2) is 50.3 Å². The molecule has 0 saturated heterocycles. The van der Waals surface area contributed by atoms with E-state index in [4.69, 9.17) is 30.0 Å². The van der Waals surface area contributed by atoms with Crippen LogP contribution >= 0.6 is 0 Å². The van der Waals surface area contributed by atoms with Crippen LogP contribution < -0.4 is 11.0 Å². The highest BCUT2D eigenvalue weighted by atomic mass is 28.4. The van der Waals surface area contributed by atoms with Gasteiger partial charge in [0.1, 0.15) is 22.6 Å². The summed E-state index contributed by atoms with van der Waals surface area (Å²) in [6.45, 7) is 0. The molecule has 10 rings (SSSR count). The molecule has 4 aliphatic heterocycles. The van der Waals surface area contributed by atoms with Gasteiger partial charge in [0.2, 0.25) is 0 Å². The molecule has 0 radical (unpaired) electrons. The molecule has 11 heteroatoms. The summed E-state index contributed by atoms with van der Waals surface area (Å²) in [7, 11) is -4.80. The summed E-state index contributed by atoms with van der Waals surface area (Å²) < 4.78 is 2.94. The number of benzene rings is 4. The molecule has 0 atom stereocenters. The van der Waals surface area contributed by atoms with Crippen LogP contribution in [0.25, 0.3) is 21.5 Å². The molecule has 4 aromatic carbocycles. The van der Waals surface area contributed by atoms with Crippen molar-refractivity contribution in [3.63, 3.8) is 0 Å².